The van der Waals surface area contributed by atoms with Gasteiger partial charge in [0.05, 0.1) is 6.42 Å². The van der Waals surface area contributed by atoms with Crippen LogP contribution in [-0.2, 0) is 15.0 Å². The van der Waals surface area contributed by atoms with Crippen LogP contribution in [0.3, 0.4) is 0 Å². The number of hydrogen-bond donors (Lipinski definition) is 1. The number of carboxylic acids is 1. The highest BCUT2D eigenvalue weighted by atomic mass is 32.2. The van der Waals surface area contributed by atoms with Crippen molar-refractivity contribution < 1.29 is 18.3 Å². The van der Waals surface area contributed by atoms with E-state index >= 15 is 0 Å². The first kappa shape index (κ1) is 17.4. The molecular weight excluding hydrogens is 282 g/mol. The van der Waals surface area contributed by atoms with Crippen LogP contribution in [0.5, 0.6) is 0 Å². The lowest BCUT2D eigenvalue weighted by atomic mass is 10.1. The Bertz CT molecular complexity index is 436. The Hall–Kier alpha value is -0.700. The van der Waals surface area contributed by atoms with Gasteiger partial charge in [0.1, 0.15) is 0 Å². The van der Waals surface area contributed by atoms with Gasteiger partial charge in [0.15, 0.2) is 0 Å². The van der Waals surface area contributed by atoms with Gasteiger partial charge in [0, 0.05) is 45.3 Å². The molecular formula is C12H25N3O4S. The molecule has 0 saturated carbocycles. The Balaban J connectivity index is 2.60. The number of rotatable bonds is 5. The fraction of sp³-hybridized carbons (Fsp3) is 0.917. The number of carboxylic acid groups (broad SMARTS) is 1. The van der Waals surface area contributed by atoms with Crippen LogP contribution in [0.25, 0.3) is 0 Å². The molecule has 1 heterocycles. The quantitative estimate of drug-likeness (QED) is 0.776. The van der Waals surface area contributed by atoms with Gasteiger partial charge in [-0.3, -0.25) is 9.69 Å². The van der Waals surface area contributed by atoms with Gasteiger partial charge in [-0.25, -0.2) is 0 Å². The van der Waals surface area contributed by atoms with Crippen LogP contribution in [0.1, 0.15) is 27.2 Å². The third-order valence-corrected chi connectivity index (χ3v) is 5.54. The maximum absolute atomic E-state index is 12.3. The van der Waals surface area contributed by atoms with Crippen LogP contribution in [-0.4, -0.2) is 78.3 Å². The van der Waals surface area contributed by atoms with Gasteiger partial charge in [0.25, 0.3) is 10.2 Å². The van der Waals surface area contributed by atoms with Crippen molar-refractivity contribution in [3.63, 3.8) is 0 Å². The van der Waals surface area contributed by atoms with Gasteiger partial charge in [-0.2, -0.15) is 17.0 Å². The van der Waals surface area contributed by atoms with Crippen LogP contribution in [0, 0.1) is 0 Å². The summed E-state index contributed by atoms with van der Waals surface area (Å²) in [5, 5.41) is 8.62. The standard InChI is InChI=1S/C12H25N3O4S/c1-12(2,3)14-7-9-15(10-8-14)20(18,19)13(4)6-5-11(16)17/h5-10H2,1-4H3,(H,16,17). The number of piperazine rings is 1. The molecule has 118 valence electrons. The summed E-state index contributed by atoms with van der Waals surface area (Å²) >= 11 is 0. The summed E-state index contributed by atoms with van der Waals surface area (Å²) in [6.45, 7) is 8.58. The molecule has 0 atom stereocenters. The average Bonchev–Trinajstić information content (AvgIpc) is 2.34. The SMILES string of the molecule is CN(CCC(=O)O)S(=O)(=O)N1CCN(C(C)(C)C)CC1. The normalized spacial score (nSPS) is 19.4. The molecule has 0 aromatic carbocycles. The van der Waals surface area contributed by atoms with E-state index in [9.17, 15) is 13.2 Å². The minimum atomic E-state index is -3.55. The number of hydrogen-bond acceptors (Lipinski definition) is 4. The highest BCUT2D eigenvalue weighted by Crippen LogP contribution is 2.18. The highest BCUT2D eigenvalue weighted by Gasteiger charge is 2.33. The molecule has 20 heavy (non-hydrogen) atoms. The van der Waals surface area contributed by atoms with E-state index in [2.05, 4.69) is 25.7 Å². The molecule has 1 aliphatic rings. The second-order valence-electron chi connectivity index (χ2n) is 6.03. The van der Waals surface area contributed by atoms with E-state index < -0.39 is 16.2 Å². The molecule has 1 aliphatic heterocycles. The lowest BCUT2D eigenvalue weighted by Gasteiger charge is -2.42. The smallest absolute Gasteiger partial charge is 0.304 e. The largest absolute Gasteiger partial charge is 0.481 e. The summed E-state index contributed by atoms with van der Waals surface area (Å²) in [6.07, 6.45) is -0.183. The van der Waals surface area contributed by atoms with Gasteiger partial charge in [-0.15, -0.1) is 0 Å². The lowest BCUT2D eigenvalue weighted by Crippen LogP contribution is -2.56. The second-order valence-corrected chi connectivity index (χ2v) is 8.07. The predicted octanol–water partition coefficient (Wildman–Crippen LogP) is 0.0538. The van der Waals surface area contributed by atoms with E-state index in [1.165, 1.54) is 11.4 Å². The Morgan fingerprint density at radius 3 is 2.10 bits per heavy atom. The molecule has 0 unspecified atom stereocenters. The van der Waals surface area contributed by atoms with E-state index in [0.29, 0.717) is 26.2 Å². The third-order valence-electron chi connectivity index (χ3n) is 3.55. The van der Waals surface area contributed by atoms with Crippen molar-refractivity contribution >= 4 is 16.2 Å². The van der Waals surface area contributed by atoms with Crippen molar-refractivity contribution in [3.05, 3.63) is 0 Å². The molecule has 0 bridgehead atoms. The first-order valence-corrected chi connectivity index (χ1v) is 8.13. The van der Waals surface area contributed by atoms with Crippen LogP contribution < -0.4 is 0 Å². The molecule has 0 aromatic heterocycles. The maximum Gasteiger partial charge on any atom is 0.304 e. The number of aliphatic carboxylic acids is 1. The zero-order valence-electron chi connectivity index (χ0n) is 12.7. The van der Waals surface area contributed by atoms with Crippen molar-refractivity contribution in [1.82, 2.24) is 13.5 Å². The second kappa shape index (κ2) is 6.38. The molecule has 8 heteroatoms. The zero-order valence-corrected chi connectivity index (χ0v) is 13.5. The Morgan fingerprint density at radius 2 is 1.70 bits per heavy atom. The number of carbonyl (C=O) groups is 1. The molecule has 1 saturated heterocycles. The fourth-order valence-corrected chi connectivity index (χ4v) is 3.50. The topological polar surface area (TPSA) is 81.2 Å². The first-order valence-electron chi connectivity index (χ1n) is 6.73. The van der Waals surface area contributed by atoms with E-state index in [1.54, 1.807) is 0 Å². The summed E-state index contributed by atoms with van der Waals surface area (Å²) in [5.41, 5.74) is 0.0328. The van der Waals surface area contributed by atoms with Gasteiger partial charge in [-0.1, -0.05) is 0 Å². The fourth-order valence-electron chi connectivity index (χ4n) is 2.16. The third kappa shape index (κ3) is 4.41. The molecule has 1 rings (SSSR count). The monoisotopic (exact) mass is 307 g/mol. The van der Waals surface area contributed by atoms with E-state index in [1.807, 2.05) is 0 Å². The Kier molecular flexibility index (Phi) is 5.54. The van der Waals surface area contributed by atoms with Crippen molar-refractivity contribution in [3.8, 4) is 0 Å². The van der Waals surface area contributed by atoms with Gasteiger partial charge < -0.3 is 5.11 Å². The summed E-state index contributed by atoms with van der Waals surface area (Å²) in [5.74, 6) is -0.996. The van der Waals surface area contributed by atoms with Crippen LogP contribution in [0.4, 0.5) is 0 Å². The van der Waals surface area contributed by atoms with Crippen LogP contribution in [0.15, 0.2) is 0 Å². The molecule has 0 amide bonds. The van der Waals surface area contributed by atoms with Gasteiger partial charge in [-0.05, 0) is 20.8 Å². The van der Waals surface area contributed by atoms with Gasteiger partial charge >= 0.3 is 5.97 Å². The lowest BCUT2D eigenvalue weighted by molar-refractivity contribution is -0.137. The number of nitrogens with zero attached hydrogens (tertiary/aromatic N) is 3. The van der Waals surface area contributed by atoms with Crippen molar-refractivity contribution in [2.75, 3.05) is 39.8 Å². The van der Waals surface area contributed by atoms with Crippen molar-refractivity contribution in [2.45, 2.75) is 32.7 Å². The Labute approximate surface area is 121 Å². The van der Waals surface area contributed by atoms with Crippen LogP contribution >= 0.6 is 0 Å². The Morgan fingerprint density at radius 1 is 1.20 bits per heavy atom. The van der Waals surface area contributed by atoms with Crippen molar-refractivity contribution in [2.24, 2.45) is 0 Å². The molecule has 7 nitrogen and oxygen atoms in total. The van der Waals surface area contributed by atoms with E-state index in [-0.39, 0.29) is 18.5 Å². The van der Waals surface area contributed by atoms with E-state index in [0.717, 1.165) is 4.31 Å². The predicted molar refractivity (Wildman–Crippen MR) is 76.7 cm³/mol. The van der Waals surface area contributed by atoms with Crippen LogP contribution in [0.2, 0.25) is 0 Å². The average molecular weight is 307 g/mol. The minimum Gasteiger partial charge on any atom is -0.481 e. The van der Waals surface area contributed by atoms with Gasteiger partial charge in [0.2, 0.25) is 0 Å². The van der Waals surface area contributed by atoms with Crippen molar-refractivity contribution in [1.29, 1.82) is 0 Å². The molecule has 0 radical (unpaired) electrons. The zero-order chi connectivity index (χ0) is 15.6. The summed E-state index contributed by atoms with van der Waals surface area (Å²) < 4.78 is 27.1. The molecule has 1 fully saturated rings. The highest BCUT2D eigenvalue weighted by molar-refractivity contribution is 7.86. The summed E-state index contributed by atoms with van der Waals surface area (Å²) in [4.78, 5) is 12.8. The molecule has 0 spiro atoms. The molecule has 0 aliphatic carbocycles. The maximum atomic E-state index is 12.3. The minimum absolute atomic E-state index is 0.00283. The summed E-state index contributed by atoms with van der Waals surface area (Å²) in [7, 11) is -2.12. The summed E-state index contributed by atoms with van der Waals surface area (Å²) in [6, 6.07) is 0. The molecule has 1 N–H and O–H groups in total. The molecule has 0 aromatic rings. The van der Waals surface area contributed by atoms with E-state index in [4.69, 9.17) is 5.11 Å². The first-order chi connectivity index (χ1) is 9.05.